The van der Waals surface area contributed by atoms with E-state index in [-0.39, 0.29) is 6.04 Å². The third kappa shape index (κ3) is 1.65. The molecule has 1 heterocycles. The SMILES string of the molecule is O=C=NC1CCOc2cc(Cl)ccc21. The lowest BCUT2D eigenvalue weighted by Crippen LogP contribution is -2.12. The number of ether oxygens (including phenoxy) is 1. The minimum absolute atomic E-state index is 0.131. The molecular formula is C10H8ClNO2. The average molecular weight is 210 g/mol. The number of halogens is 1. The molecule has 2 rings (SSSR count). The number of nitrogens with zero attached hydrogens (tertiary/aromatic N) is 1. The molecule has 0 fully saturated rings. The smallest absolute Gasteiger partial charge is 0.235 e. The van der Waals surface area contributed by atoms with Crippen LogP contribution in [0.1, 0.15) is 18.0 Å². The minimum atomic E-state index is -0.131. The monoisotopic (exact) mass is 209 g/mol. The van der Waals surface area contributed by atoms with Crippen molar-refractivity contribution in [2.24, 2.45) is 4.99 Å². The first-order valence-electron chi connectivity index (χ1n) is 4.30. The van der Waals surface area contributed by atoms with Crippen molar-refractivity contribution in [2.45, 2.75) is 12.5 Å². The standard InChI is InChI=1S/C10H8ClNO2/c11-7-1-2-8-9(12-6-13)3-4-14-10(8)5-7/h1-2,5,9H,3-4H2. The number of fused-ring (bicyclic) bond motifs is 1. The molecule has 4 heteroatoms. The molecule has 14 heavy (non-hydrogen) atoms. The Balaban J connectivity index is 2.44. The first-order chi connectivity index (χ1) is 6.81. The number of hydrogen-bond donors (Lipinski definition) is 0. The van der Waals surface area contributed by atoms with Gasteiger partial charge in [-0.2, -0.15) is 4.99 Å². The molecule has 1 atom stereocenters. The van der Waals surface area contributed by atoms with Gasteiger partial charge in [-0.25, -0.2) is 4.79 Å². The zero-order chi connectivity index (χ0) is 9.97. The van der Waals surface area contributed by atoms with E-state index in [1.54, 1.807) is 18.2 Å². The molecule has 1 aliphatic rings. The van der Waals surface area contributed by atoms with Gasteiger partial charge in [0.25, 0.3) is 0 Å². The summed E-state index contributed by atoms with van der Waals surface area (Å²) in [4.78, 5) is 13.9. The molecule has 1 aromatic rings. The van der Waals surface area contributed by atoms with E-state index in [1.165, 1.54) is 0 Å². The predicted molar refractivity (Wildman–Crippen MR) is 52.4 cm³/mol. The summed E-state index contributed by atoms with van der Waals surface area (Å²) in [7, 11) is 0. The third-order valence-corrected chi connectivity index (χ3v) is 2.43. The summed E-state index contributed by atoms with van der Waals surface area (Å²) in [5, 5.41) is 0.625. The molecule has 0 aromatic heterocycles. The van der Waals surface area contributed by atoms with Crippen LogP contribution in [0.25, 0.3) is 0 Å². The summed E-state index contributed by atoms with van der Waals surface area (Å²) >= 11 is 5.81. The van der Waals surface area contributed by atoms with Crippen molar-refractivity contribution in [3.8, 4) is 5.75 Å². The molecule has 0 saturated carbocycles. The van der Waals surface area contributed by atoms with E-state index in [2.05, 4.69) is 4.99 Å². The third-order valence-electron chi connectivity index (χ3n) is 2.19. The van der Waals surface area contributed by atoms with E-state index in [9.17, 15) is 4.79 Å². The molecule has 0 bridgehead atoms. The Kier molecular flexibility index (Phi) is 2.53. The van der Waals surface area contributed by atoms with E-state index in [0.717, 1.165) is 5.56 Å². The average Bonchev–Trinajstić information content (AvgIpc) is 2.18. The number of aliphatic imine (C=N–C) groups is 1. The molecule has 1 aliphatic heterocycles. The van der Waals surface area contributed by atoms with E-state index in [1.807, 2.05) is 6.07 Å². The van der Waals surface area contributed by atoms with Crippen LogP contribution in [-0.2, 0) is 4.79 Å². The summed E-state index contributed by atoms with van der Waals surface area (Å²) in [6.07, 6.45) is 2.29. The highest BCUT2D eigenvalue weighted by molar-refractivity contribution is 6.30. The van der Waals surface area contributed by atoms with Crippen LogP contribution in [0.3, 0.4) is 0 Å². The molecule has 72 valence electrons. The highest BCUT2D eigenvalue weighted by Gasteiger charge is 2.20. The van der Waals surface area contributed by atoms with Gasteiger partial charge in [-0.05, 0) is 12.1 Å². The summed E-state index contributed by atoms with van der Waals surface area (Å²) in [6, 6.07) is 5.21. The number of hydrogen-bond acceptors (Lipinski definition) is 3. The van der Waals surface area contributed by atoms with Gasteiger partial charge < -0.3 is 4.74 Å². The van der Waals surface area contributed by atoms with E-state index in [4.69, 9.17) is 16.3 Å². The van der Waals surface area contributed by atoms with Crippen LogP contribution in [0, 0.1) is 0 Å². The fourth-order valence-electron chi connectivity index (χ4n) is 1.54. The summed E-state index contributed by atoms with van der Waals surface area (Å²) in [5.74, 6) is 0.716. The largest absolute Gasteiger partial charge is 0.493 e. The van der Waals surface area contributed by atoms with Gasteiger partial charge in [0.2, 0.25) is 6.08 Å². The molecule has 0 spiro atoms. The van der Waals surface area contributed by atoms with Crippen molar-refractivity contribution in [1.29, 1.82) is 0 Å². The second-order valence-electron chi connectivity index (χ2n) is 3.06. The molecule has 3 nitrogen and oxygen atoms in total. The Hall–Kier alpha value is -1.31. The lowest BCUT2D eigenvalue weighted by atomic mass is 10.0. The van der Waals surface area contributed by atoms with Crippen molar-refractivity contribution in [2.75, 3.05) is 6.61 Å². The molecule has 0 aliphatic carbocycles. The normalized spacial score (nSPS) is 19.1. The van der Waals surface area contributed by atoms with E-state index in [0.29, 0.717) is 23.8 Å². The lowest BCUT2D eigenvalue weighted by Gasteiger charge is -2.21. The van der Waals surface area contributed by atoms with Gasteiger partial charge in [0.05, 0.1) is 12.6 Å². The Morgan fingerprint density at radius 1 is 1.57 bits per heavy atom. The van der Waals surface area contributed by atoms with Gasteiger partial charge in [-0.15, -0.1) is 0 Å². The second kappa shape index (κ2) is 3.82. The minimum Gasteiger partial charge on any atom is -0.493 e. The Bertz CT molecular complexity index is 399. The summed E-state index contributed by atoms with van der Waals surface area (Å²) < 4.78 is 5.41. The molecule has 0 N–H and O–H groups in total. The predicted octanol–water partition coefficient (Wildman–Crippen LogP) is 2.50. The van der Waals surface area contributed by atoms with Crippen molar-refractivity contribution in [1.82, 2.24) is 0 Å². The van der Waals surface area contributed by atoms with Crippen LogP contribution in [0.5, 0.6) is 5.75 Å². The molecule has 1 aromatic carbocycles. The second-order valence-corrected chi connectivity index (χ2v) is 3.49. The fourth-order valence-corrected chi connectivity index (χ4v) is 1.70. The number of rotatable bonds is 1. The molecule has 1 unspecified atom stereocenters. The number of carbonyl (C=O) groups excluding carboxylic acids is 1. The van der Waals surface area contributed by atoms with Crippen LogP contribution in [0.15, 0.2) is 23.2 Å². The fraction of sp³-hybridized carbons (Fsp3) is 0.300. The highest BCUT2D eigenvalue weighted by Crippen LogP contribution is 2.35. The summed E-state index contributed by atoms with van der Waals surface area (Å²) in [6.45, 7) is 0.559. The van der Waals surface area contributed by atoms with E-state index < -0.39 is 0 Å². The highest BCUT2D eigenvalue weighted by atomic mass is 35.5. The van der Waals surface area contributed by atoms with Gasteiger partial charge in [-0.3, -0.25) is 0 Å². The molecule has 0 saturated heterocycles. The van der Waals surface area contributed by atoms with Crippen molar-refractivity contribution in [3.05, 3.63) is 28.8 Å². The quantitative estimate of drug-likeness (QED) is 0.527. The zero-order valence-corrected chi connectivity index (χ0v) is 8.12. The number of isocyanates is 1. The maximum absolute atomic E-state index is 10.2. The van der Waals surface area contributed by atoms with Crippen LogP contribution in [0.4, 0.5) is 0 Å². The van der Waals surface area contributed by atoms with Gasteiger partial charge in [-0.1, -0.05) is 17.7 Å². The first-order valence-corrected chi connectivity index (χ1v) is 4.68. The van der Waals surface area contributed by atoms with Crippen LogP contribution in [-0.4, -0.2) is 12.7 Å². The van der Waals surface area contributed by atoms with Crippen LogP contribution >= 0.6 is 11.6 Å². The Morgan fingerprint density at radius 2 is 2.43 bits per heavy atom. The lowest BCUT2D eigenvalue weighted by molar-refractivity contribution is 0.269. The van der Waals surface area contributed by atoms with Crippen LogP contribution < -0.4 is 4.74 Å². The van der Waals surface area contributed by atoms with Crippen molar-refractivity contribution in [3.63, 3.8) is 0 Å². The molecule has 0 amide bonds. The van der Waals surface area contributed by atoms with Crippen molar-refractivity contribution >= 4 is 17.7 Å². The first kappa shape index (κ1) is 9.25. The van der Waals surface area contributed by atoms with Gasteiger partial charge >= 0.3 is 0 Å². The van der Waals surface area contributed by atoms with Gasteiger partial charge in [0.1, 0.15) is 5.75 Å². The maximum Gasteiger partial charge on any atom is 0.235 e. The van der Waals surface area contributed by atoms with Crippen molar-refractivity contribution < 1.29 is 9.53 Å². The maximum atomic E-state index is 10.2. The Labute approximate surface area is 86.4 Å². The van der Waals surface area contributed by atoms with Crippen LogP contribution in [0.2, 0.25) is 5.02 Å². The number of benzene rings is 1. The Morgan fingerprint density at radius 3 is 3.21 bits per heavy atom. The zero-order valence-electron chi connectivity index (χ0n) is 7.37. The van der Waals surface area contributed by atoms with Gasteiger partial charge in [0, 0.05) is 17.0 Å². The molecule has 0 radical (unpaired) electrons. The molecular weight excluding hydrogens is 202 g/mol. The topological polar surface area (TPSA) is 38.7 Å². The van der Waals surface area contributed by atoms with Gasteiger partial charge in [0.15, 0.2) is 0 Å². The van der Waals surface area contributed by atoms with E-state index >= 15 is 0 Å². The summed E-state index contributed by atoms with van der Waals surface area (Å²) in [5.41, 5.74) is 0.906.